The summed E-state index contributed by atoms with van der Waals surface area (Å²) in [5.74, 6) is 0.589. The molecule has 0 aliphatic carbocycles. The van der Waals surface area contributed by atoms with E-state index in [0.29, 0.717) is 5.84 Å². The van der Waals surface area contributed by atoms with E-state index in [-0.39, 0.29) is 0 Å². The van der Waals surface area contributed by atoms with Crippen molar-refractivity contribution in [3.8, 4) is 0 Å². The third-order valence-corrected chi connectivity index (χ3v) is 5.11. The van der Waals surface area contributed by atoms with Crippen molar-refractivity contribution in [2.75, 3.05) is 0 Å². The number of hydrazone groups is 1. The summed E-state index contributed by atoms with van der Waals surface area (Å²) in [6, 6.07) is 28.2. The van der Waals surface area contributed by atoms with Gasteiger partial charge in [-0.15, -0.1) is 0 Å². The zero-order valence-corrected chi connectivity index (χ0v) is 17.1. The van der Waals surface area contributed by atoms with Crippen molar-refractivity contribution in [3.63, 3.8) is 0 Å². The maximum atomic E-state index is 4.78. The normalized spacial score (nSPS) is 12.1. The molecule has 0 amide bonds. The van der Waals surface area contributed by atoms with Gasteiger partial charge in [0.1, 0.15) is 5.69 Å². The summed E-state index contributed by atoms with van der Waals surface area (Å²) in [6.45, 7) is 2.06. The third-order valence-electron chi connectivity index (χ3n) is 5.11. The van der Waals surface area contributed by atoms with Gasteiger partial charge in [-0.3, -0.25) is 5.43 Å². The van der Waals surface area contributed by atoms with Crippen LogP contribution in [0.25, 0.3) is 21.8 Å². The highest BCUT2D eigenvalue weighted by molar-refractivity contribution is 6.02. The summed E-state index contributed by atoms with van der Waals surface area (Å²) in [5.41, 5.74) is 8.87. The first-order valence-corrected chi connectivity index (χ1v) is 10.1. The highest BCUT2D eigenvalue weighted by atomic mass is 15.3. The summed E-state index contributed by atoms with van der Waals surface area (Å²) in [6.07, 6.45) is 3.74. The van der Waals surface area contributed by atoms with E-state index in [2.05, 4.69) is 28.5 Å². The molecule has 0 saturated carbocycles. The van der Waals surface area contributed by atoms with Gasteiger partial charge in [0.25, 0.3) is 0 Å². The summed E-state index contributed by atoms with van der Waals surface area (Å²) < 4.78 is 0. The predicted molar refractivity (Wildman–Crippen MR) is 128 cm³/mol. The molecule has 5 heteroatoms. The van der Waals surface area contributed by atoms with E-state index in [1.54, 1.807) is 6.21 Å². The van der Waals surface area contributed by atoms with Crippen molar-refractivity contribution >= 4 is 39.5 Å². The molecule has 5 rings (SSSR count). The molecule has 0 aliphatic rings. The maximum absolute atomic E-state index is 4.78. The van der Waals surface area contributed by atoms with Gasteiger partial charge in [-0.2, -0.15) is 5.10 Å². The number of aliphatic imine (C=N–C) groups is 1. The lowest BCUT2D eigenvalue weighted by Crippen LogP contribution is -2.20. The number of aromatic amines is 1. The van der Waals surface area contributed by atoms with Crippen LogP contribution in [0.1, 0.15) is 16.8 Å². The van der Waals surface area contributed by atoms with Crippen molar-refractivity contribution in [1.29, 1.82) is 0 Å². The highest BCUT2D eigenvalue weighted by Crippen LogP contribution is 2.17. The number of fused-ring (bicyclic) bond motifs is 2. The van der Waals surface area contributed by atoms with Crippen LogP contribution in [0.5, 0.6) is 0 Å². The first-order chi connectivity index (χ1) is 15.3. The van der Waals surface area contributed by atoms with Crippen LogP contribution in [-0.2, 0) is 0 Å². The Balaban J connectivity index is 1.50. The molecule has 0 atom stereocenters. The summed E-state index contributed by atoms with van der Waals surface area (Å²) in [4.78, 5) is 12.8. The Labute approximate surface area is 180 Å². The molecule has 0 radical (unpaired) electrons. The van der Waals surface area contributed by atoms with Gasteiger partial charge < -0.3 is 4.98 Å². The number of nitrogens with one attached hydrogen (secondary N) is 2. The van der Waals surface area contributed by atoms with E-state index in [4.69, 9.17) is 9.98 Å². The van der Waals surface area contributed by atoms with Gasteiger partial charge in [0.05, 0.1) is 17.4 Å². The zero-order chi connectivity index (χ0) is 21.0. The molecule has 31 heavy (non-hydrogen) atoms. The van der Waals surface area contributed by atoms with Gasteiger partial charge in [0, 0.05) is 28.0 Å². The van der Waals surface area contributed by atoms with Gasteiger partial charge in [-0.1, -0.05) is 60.2 Å². The first-order valence-electron chi connectivity index (χ1n) is 10.1. The number of benzene rings is 3. The Morgan fingerprint density at radius 1 is 0.903 bits per heavy atom. The molecular weight excluding hydrogens is 382 g/mol. The quantitative estimate of drug-likeness (QED) is 0.229. The number of nitrogens with zero attached hydrogens (tertiary/aromatic N) is 3. The molecule has 2 N–H and O–H groups in total. The van der Waals surface area contributed by atoms with Crippen LogP contribution in [0.15, 0.2) is 101 Å². The van der Waals surface area contributed by atoms with Gasteiger partial charge >= 0.3 is 0 Å². The average molecular weight is 403 g/mol. The third kappa shape index (κ3) is 4.07. The molecule has 0 fully saturated rings. The average Bonchev–Trinajstić information content (AvgIpc) is 3.22. The van der Waals surface area contributed by atoms with Crippen LogP contribution in [0.3, 0.4) is 0 Å². The molecule has 0 saturated heterocycles. The first kappa shape index (κ1) is 18.8. The maximum Gasteiger partial charge on any atom is 0.173 e. The number of aryl methyl sites for hydroxylation is 1. The number of para-hydroxylation sites is 2. The standard InChI is InChI=1S/C26H21N5/c1-18-10-13-21(14-11-18)29-26(25-15-12-19-6-2-4-8-23(19)30-25)31-28-17-20-16-27-24-9-5-3-7-22(20)24/h2-17,27H,1H3,(H,29,31). The van der Waals surface area contributed by atoms with Crippen LogP contribution in [0.2, 0.25) is 0 Å². The van der Waals surface area contributed by atoms with E-state index >= 15 is 0 Å². The fourth-order valence-corrected chi connectivity index (χ4v) is 3.45. The minimum atomic E-state index is 0.589. The van der Waals surface area contributed by atoms with Gasteiger partial charge in [0.15, 0.2) is 5.84 Å². The highest BCUT2D eigenvalue weighted by Gasteiger charge is 2.07. The Hall–Kier alpha value is -4.25. The van der Waals surface area contributed by atoms with E-state index in [0.717, 1.165) is 38.8 Å². The van der Waals surface area contributed by atoms with E-state index in [1.165, 1.54) is 5.56 Å². The van der Waals surface area contributed by atoms with E-state index in [9.17, 15) is 0 Å². The second kappa shape index (κ2) is 8.24. The fraction of sp³-hybridized carbons (Fsp3) is 0.0385. The van der Waals surface area contributed by atoms with Crippen LogP contribution in [0.4, 0.5) is 5.69 Å². The van der Waals surface area contributed by atoms with Crippen LogP contribution >= 0.6 is 0 Å². The second-order valence-corrected chi connectivity index (χ2v) is 7.34. The minimum Gasteiger partial charge on any atom is -0.361 e. The largest absolute Gasteiger partial charge is 0.361 e. The molecule has 3 aromatic carbocycles. The van der Waals surface area contributed by atoms with Gasteiger partial charge in [-0.25, -0.2) is 9.98 Å². The Kier molecular flexibility index (Phi) is 4.99. The number of hydrogen-bond donors (Lipinski definition) is 2. The number of hydrogen-bond acceptors (Lipinski definition) is 3. The Bertz CT molecular complexity index is 1410. The summed E-state index contributed by atoms with van der Waals surface area (Å²) in [7, 11) is 0. The lowest BCUT2D eigenvalue weighted by Gasteiger charge is -2.07. The number of aromatic nitrogens is 2. The van der Waals surface area contributed by atoms with Crippen molar-refractivity contribution in [2.45, 2.75) is 6.92 Å². The van der Waals surface area contributed by atoms with Crippen molar-refractivity contribution in [3.05, 3.63) is 108 Å². The lowest BCUT2D eigenvalue weighted by molar-refractivity contribution is 1.02. The number of rotatable bonds is 4. The van der Waals surface area contributed by atoms with Crippen LogP contribution < -0.4 is 5.43 Å². The molecule has 2 aromatic heterocycles. The monoisotopic (exact) mass is 403 g/mol. The lowest BCUT2D eigenvalue weighted by atomic mass is 10.2. The predicted octanol–water partition coefficient (Wildman–Crippen LogP) is 5.73. The Morgan fingerprint density at radius 3 is 2.61 bits per heavy atom. The van der Waals surface area contributed by atoms with Crippen molar-refractivity contribution < 1.29 is 0 Å². The SMILES string of the molecule is Cc1ccc(N=C(NN=Cc2c[nH]c3ccccc23)c2ccc3ccccc3n2)cc1. The number of pyridine rings is 1. The topological polar surface area (TPSA) is 65.4 Å². The van der Waals surface area contributed by atoms with Gasteiger partial charge in [0.2, 0.25) is 0 Å². The molecule has 0 unspecified atom stereocenters. The fourth-order valence-electron chi connectivity index (χ4n) is 3.45. The van der Waals surface area contributed by atoms with Gasteiger partial charge in [-0.05, 0) is 37.3 Å². The Morgan fingerprint density at radius 2 is 1.71 bits per heavy atom. The van der Waals surface area contributed by atoms with Crippen LogP contribution in [0, 0.1) is 6.92 Å². The smallest absolute Gasteiger partial charge is 0.173 e. The minimum absolute atomic E-state index is 0.589. The molecule has 0 aliphatic heterocycles. The molecular formula is C26H21N5. The summed E-state index contributed by atoms with van der Waals surface area (Å²) >= 11 is 0. The van der Waals surface area contributed by atoms with E-state index < -0.39 is 0 Å². The molecule has 0 bridgehead atoms. The molecule has 5 aromatic rings. The molecule has 0 spiro atoms. The molecule has 2 heterocycles. The van der Waals surface area contributed by atoms with Crippen molar-refractivity contribution in [1.82, 2.24) is 15.4 Å². The number of H-pyrrole nitrogens is 1. The summed E-state index contributed by atoms with van der Waals surface area (Å²) in [5, 5.41) is 6.67. The van der Waals surface area contributed by atoms with Crippen molar-refractivity contribution in [2.24, 2.45) is 10.1 Å². The number of amidine groups is 1. The molecule has 150 valence electrons. The molecule has 5 nitrogen and oxygen atoms in total. The zero-order valence-electron chi connectivity index (χ0n) is 17.1. The van der Waals surface area contributed by atoms with E-state index in [1.807, 2.05) is 85.1 Å². The van der Waals surface area contributed by atoms with Crippen LogP contribution in [-0.4, -0.2) is 22.0 Å². The second-order valence-electron chi connectivity index (χ2n) is 7.34.